The van der Waals surface area contributed by atoms with Gasteiger partial charge in [-0.1, -0.05) is 97.8 Å². The first kappa shape index (κ1) is 26.9. The molecule has 0 bridgehead atoms. The molecule has 0 atom stereocenters. The maximum Gasteiger partial charge on any atom is 0.308 e. The van der Waals surface area contributed by atoms with Crippen LogP contribution in [-0.4, -0.2) is 18.2 Å². The number of carbonyl (C=O) groups excluding carboxylic acids is 2. The molecular formula is C24H46O4. The van der Waals surface area contributed by atoms with Gasteiger partial charge < -0.3 is 9.47 Å². The Morgan fingerprint density at radius 3 is 1.32 bits per heavy atom. The molecule has 0 aromatic heterocycles. The van der Waals surface area contributed by atoms with E-state index in [0.717, 1.165) is 64.2 Å². The fraction of sp³-hybridized carbons (Fsp3) is 0.917. The highest BCUT2D eigenvalue weighted by molar-refractivity contribution is 5.71. The van der Waals surface area contributed by atoms with Crippen LogP contribution < -0.4 is 0 Å². The standard InChI is InChI=1S/C24H46O4/c1-4-7-10-13-14-15-18-21-24(27-22(25)19-16-11-8-5-2)28-23(26)20-17-12-9-6-3/h24H,4-21H2,1-3H3. The van der Waals surface area contributed by atoms with Crippen molar-refractivity contribution in [1.29, 1.82) is 0 Å². The molecule has 0 fully saturated rings. The van der Waals surface area contributed by atoms with Gasteiger partial charge in [0.05, 0.1) is 0 Å². The highest BCUT2D eigenvalue weighted by Crippen LogP contribution is 2.15. The molecule has 0 aliphatic rings. The maximum absolute atomic E-state index is 12.1. The summed E-state index contributed by atoms with van der Waals surface area (Å²) in [5.74, 6) is -0.467. The van der Waals surface area contributed by atoms with Crippen LogP contribution in [-0.2, 0) is 19.1 Å². The number of hydrogen-bond donors (Lipinski definition) is 0. The third-order valence-electron chi connectivity index (χ3n) is 5.04. The number of ether oxygens (including phenoxy) is 2. The fourth-order valence-electron chi connectivity index (χ4n) is 3.21. The molecule has 0 amide bonds. The molecule has 0 aromatic rings. The molecule has 0 unspecified atom stereocenters. The van der Waals surface area contributed by atoms with Crippen LogP contribution in [0.4, 0.5) is 0 Å². The van der Waals surface area contributed by atoms with Gasteiger partial charge in [0.1, 0.15) is 0 Å². The minimum absolute atomic E-state index is 0.233. The lowest BCUT2D eigenvalue weighted by atomic mass is 10.1. The van der Waals surface area contributed by atoms with E-state index in [1.807, 2.05) is 0 Å². The van der Waals surface area contributed by atoms with E-state index in [1.54, 1.807) is 0 Å². The van der Waals surface area contributed by atoms with Crippen LogP contribution in [0.1, 0.15) is 136 Å². The Morgan fingerprint density at radius 2 is 0.893 bits per heavy atom. The lowest BCUT2D eigenvalue weighted by molar-refractivity contribution is -0.189. The Hall–Kier alpha value is -1.06. The van der Waals surface area contributed by atoms with Crippen LogP contribution in [0.5, 0.6) is 0 Å². The third-order valence-corrected chi connectivity index (χ3v) is 5.04. The fourth-order valence-corrected chi connectivity index (χ4v) is 3.21. The second kappa shape index (κ2) is 20.7. The summed E-state index contributed by atoms with van der Waals surface area (Å²) in [6.07, 6.45) is 17.4. The summed E-state index contributed by atoms with van der Waals surface area (Å²) in [6.45, 7) is 6.52. The van der Waals surface area contributed by atoms with Crippen LogP contribution in [0.3, 0.4) is 0 Å². The molecule has 0 saturated heterocycles. The summed E-state index contributed by atoms with van der Waals surface area (Å²) in [5.41, 5.74) is 0. The summed E-state index contributed by atoms with van der Waals surface area (Å²) in [5, 5.41) is 0. The molecule has 0 aliphatic carbocycles. The summed E-state index contributed by atoms with van der Waals surface area (Å²) >= 11 is 0. The number of unbranched alkanes of at least 4 members (excludes halogenated alkanes) is 12. The van der Waals surface area contributed by atoms with E-state index >= 15 is 0 Å². The molecule has 166 valence electrons. The van der Waals surface area contributed by atoms with Crippen molar-refractivity contribution in [1.82, 2.24) is 0 Å². The normalized spacial score (nSPS) is 11.0. The Labute approximate surface area is 174 Å². The van der Waals surface area contributed by atoms with Gasteiger partial charge in [0.25, 0.3) is 0 Å². The van der Waals surface area contributed by atoms with Crippen molar-refractivity contribution in [2.24, 2.45) is 0 Å². The monoisotopic (exact) mass is 398 g/mol. The molecule has 0 radical (unpaired) electrons. The van der Waals surface area contributed by atoms with Crippen LogP contribution in [0.2, 0.25) is 0 Å². The highest BCUT2D eigenvalue weighted by Gasteiger charge is 2.18. The van der Waals surface area contributed by atoms with E-state index in [9.17, 15) is 9.59 Å². The first-order chi connectivity index (χ1) is 13.6. The third kappa shape index (κ3) is 18.3. The zero-order valence-corrected chi connectivity index (χ0v) is 18.9. The van der Waals surface area contributed by atoms with E-state index in [2.05, 4.69) is 20.8 Å². The zero-order chi connectivity index (χ0) is 20.9. The number of hydrogen-bond acceptors (Lipinski definition) is 4. The zero-order valence-electron chi connectivity index (χ0n) is 18.9. The molecule has 0 heterocycles. The Balaban J connectivity index is 4.20. The van der Waals surface area contributed by atoms with Crippen LogP contribution in [0.25, 0.3) is 0 Å². The predicted molar refractivity (Wildman–Crippen MR) is 116 cm³/mol. The van der Waals surface area contributed by atoms with E-state index < -0.39 is 6.29 Å². The van der Waals surface area contributed by atoms with Gasteiger partial charge in [-0.3, -0.25) is 9.59 Å². The van der Waals surface area contributed by atoms with Crippen molar-refractivity contribution in [2.75, 3.05) is 0 Å². The van der Waals surface area contributed by atoms with Crippen molar-refractivity contribution < 1.29 is 19.1 Å². The Morgan fingerprint density at radius 1 is 0.536 bits per heavy atom. The molecule has 0 aromatic carbocycles. The number of esters is 2. The van der Waals surface area contributed by atoms with E-state index in [0.29, 0.717) is 19.3 Å². The molecule has 0 N–H and O–H groups in total. The van der Waals surface area contributed by atoms with Gasteiger partial charge >= 0.3 is 11.9 Å². The highest BCUT2D eigenvalue weighted by atomic mass is 16.7. The first-order valence-electron chi connectivity index (χ1n) is 12.0. The topological polar surface area (TPSA) is 52.6 Å². The summed E-state index contributed by atoms with van der Waals surface area (Å²) in [7, 11) is 0. The molecule has 4 heteroatoms. The van der Waals surface area contributed by atoms with Crippen LogP contribution in [0, 0.1) is 0 Å². The molecule has 0 spiro atoms. The minimum atomic E-state index is -0.701. The molecule has 0 rings (SSSR count). The lowest BCUT2D eigenvalue weighted by Crippen LogP contribution is -2.24. The van der Waals surface area contributed by atoms with Crippen molar-refractivity contribution in [3.05, 3.63) is 0 Å². The van der Waals surface area contributed by atoms with Crippen molar-refractivity contribution >= 4 is 11.9 Å². The van der Waals surface area contributed by atoms with Crippen molar-refractivity contribution in [3.63, 3.8) is 0 Å². The van der Waals surface area contributed by atoms with E-state index in [-0.39, 0.29) is 11.9 Å². The van der Waals surface area contributed by atoms with Crippen molar-refractivity contribution in [3.8, 4) is 0 Å². The van der Waals surface area contributed by atoms with Gasteiger partial charge in [0.15, 0.2) is 0 Å². The van der Waals surface area contributed by atoms with Crippen LogP contribution >= 0.6 is 0 Å². The van der Waals surface area contributed by atoms with Gasteiger partial charge in [-0.15, -0.1) is 0 Å². The summed E-state index contributed by atoms with van der Waals surface area (Å²) < 4.78 is 11.0. The SMILES string of the molecule is CCCCCCCCCC(OC(=O)CCCCCC)OC(=O)CCCCCC. The smallest absolute Gasteiger partial charge is 0.308 e. The Kier molecular flexibility index (Phi) is 19.9. The summed E-state index contributed by atoms with van der Waals surface area (Å²) in [4.78, 5) is 24.2. The second-order valence-corrected chi connectivity index (χ2v) is 7.94. The van der Waals surface area contributed by atoms with Gasteiger partial charge in [0.2, 0.25) is 6.29 Å². The van der Waals surface area contributed by atoms with Gasteiger partial charge in [-0.25, -0.2) is 0 Å². The minimum Gasteiger partial charge on any atom is -0.425 e. The molecule has 0 saturated carbocycles. The average Bonchev–Trinajstić information content (AvgIpc) is 2.68. The second-order valence-electron chi connectivity index (χ2n) is 7.94. The van der Waals surface area contributed by atoms with E-state index in [1.165, 1.54) is 32.1 Å². The number of rotatable bonds is 20. The predicted octanol–water partition coefficient (Wildman–Crippen LogP) is 7.48. The molecule has 0 aliphatic heterocycles. The number of carbonyl (C=O) groups is 2. The van der Waals surface area contributed by atoms with Gasteiger partial charge in [0, 0.05) is 19.3 Å². The van der Waals surface area contributed by atoms with Crippen molar-refractivity contribution in [2.45, 2.75) is 143 Å². The molecule has 4 nitrogen and oxygen atoms in total. The quantitative estimate of drug-likeness (QED) is 0.121. The van der Waals surface area contributed by atoms with Gasteiger partial charge in [-0.2, -0.15) is 0 Å². The first-order valence-corrected chi connectivity index (χ1v) is 12.0. The largest absolute Gasteiger partial charge is 0.425 e. The van der Waals surface area contributed by atoms with Crippen LogP contribution in [0.15, 0.2) is 0 Å². The molecular weight excluding hydrogens is 352 g/mol. The van der Waals surface area contributed by atoms with Gasteiger partial charge in [-0.05, 0) is 19.3 Å². The average molecular weight is 399 g/mol. The Bertz CT molecular complexity index is 342. The maximum atomic E-state index is 12.1. The van der Waals surface area contributed by atoms with E-state index in [4.69, 9.17) is 9.47 Å². The summed E-state index contributed by atoms with van der Waals surface area (Å²) in [6, 6.07) is 0. The molecule has 28 heavy (non-hydrogen) atoms. The lowest BCUT2D eigenvalue weighted by Gasteiger charge is -2.18.